The van der Waals surface area contributed by atoms with Gasteiger partial charge in [-0.05, 0) is 0 Å². The van der Waals surface area contributed by atoms with Crippen LogP contribution < -0.4 is 0 Å². The van der Waals surface area contributed by atoms with Crippen LogP contribution in [0.25, 0.3) is 5.32 Å². The molecule has 0 amide bonds. The smallest absolute Gasteiger partial charge is 0.689 e. The average Bonchev–Trinajstić information content (AvgIpc) is 1.93. The van der Waals surface area contributed by atoms with Crippen LogP contribution in [0.15, 0.2) is 12.3 Å². The van der Waals surface area contributed by atoms with Crippen molar-refractivity contribution < 1.29 is 21.1 Å². The van der Waals surface area contributed by atoms with E-state index in [1.54, 1.807) is 0 Å². The molecule has 0 saturated carbocycles. The molecule has 0 rings (SSSR count). The van der Waals surface area contributed by atoms with Crippen LogP contribution in [-0.4, -0.2) is 6.54 Å². The Morgan fingerprint density at radius 3 is 1.38 bits per heavy atom. The van der Waals surface area contributed by atoms with E-state index in [4.69, 9.17) is 0 Å². The van der Waals surface area contributed by atoms with Gasteiger partial charge in [0, 0.05) is 0 Å². The molecule has 0 bridgehead atoms. The zero-order valence-electron chi connectivity index (χ0n) is 10.5. The Morgan fingerprint density at radius 2 is 1.38 bits per heavy atom. The van der Waals surface area contributed by atoms with Crippen LogP contribution in [0.3, 0.4) is 0 Å². The second-order valence-electron chi connectivity index (χ2n) is 1.92. The molecule has 0 fully saturated rings. The molecule has 0 unspecified atom stereocenters. The van der Waals surface area contributed by atoms with E-state index in [-0.39, 0.29) is 28.5 Å². The molecule has 0 heterocycles. The predicted octanol–water partition coefficient (Wildman–Crippen LogP) is 4.80. The summed E-state index contributed by atoms with van der Waals surface area (Å²) in [6, 6.07) is 0. The molecule has 1 nitrogen and oxygen atoms in total. The summed E-state index contributed by atoms with van der Waals surface area (Å²) in [7, 11) is 0. The minimum Gasteiger partial charge on any atom is -0.689 e. The monoisotopic (exact) mass is 357 g/mol. The summed E-state index contributed by atoms with van der Waals surface area (Å²) in [5.74, 6) is 0. The molecule has 0 aromatic rings. The van der Waals surface area contributed by atoms with E-state index < -0.39 is 0 Å². The molecule has 0 aromatic carbocycles. The maximum atomic E-state index is 3.93. The fourth-order valence-electron chi connectivity index (χ4n) is 0.270. The van der Waals surface area contributed by atoms with Crippen LogP contribution in [-0.2, 0) is 21.1 Å². The Labute approximate surface area is 101 Å². The Bertz CT molecular complexity index is 63.1. The van der Waals surface area contributed by atoms with Crippen LogP contribution >= 0.6 is 0 Å². The van der Waals surface area contributed by atoms with Gasteiger partial charge in [0.15, 0.2) is 0 Å². The van der Waals surface area contributed by atoms with E-state index in [1.807, 2.05) is 27.7 Å². The summed E-state index contributed by atoms with van der Waals surface area (Å²) < 4.78 is 0. The zero-order valence-corrected chi connectivity index (χ0v) is 13.4. The molecule has 0 atom stereocenters. The molecule has 0 radical (unpaired) electrons. The van der Waals surface area contributed by atoms with Crippen molar-refractivity contribution in [1.29, 1.82) is 0 Å². The first-order chi connectivity index (χ1) is 5.18. The molecule has 82 valence electrons. The Kier molecular flexibility index (Phi) is 89.3. The Balaban J connectivity index is -0.0000000268. The first-order valence-electron chi connectivity index (χ1n) is 4.51. The van der Waals surface area contributed by atoms with Gasteiger partial charge in [0.2, 0.25) is 0 Å². The molecule has 0 aliphatic carbocycles. The normalized spacial score (nSPS) is 5.38. The summed E-state index contributed by atoms with van der Waals surface area (Å²) in [6.07, 6.45) is 1.25. The number of hydrogen-bond donors (Lipinski definition) is 0. The van der Waals surface area contributed by atoms with Crippen molar-refractivity contribution in [1.82, 2.24) is 0 Å². The second-order valence-corrected chi connectivity index (χ2v) is 1.92. The van der Waals surface area contributed by atoms with Gasteiger partial charge in [0.05, 0.1) is 0 Å². The van der Waals surface area contributed by atoms with E-state index in [0.29, 0.717) is 0 Å². The van der Waals surface area contributed by atoms with Crippen LogP contribution in [0.5, 0.6) is 0 Å². The van der Waals surface area contributed by atoms with Crippen molar-refractivity contribution in [2.24, 2.45) is 0 Å². The molecular weight excluding hydrogens is 330 g/mol. The van der Waals surface area contributed by atoms with E-state index in [0.717, 1.165) is 12.2 Å². The van der Waals surface area contributed by atoms with Gasteiger partial charge in [0.1, 0.15) is 0 Å². The summed E-state index contributed by atoms with van der Waals surface area (Å²) in [5, 5.41) is 3.93. The third-order valence-corrected chi connectivity index (χ3v) is 0.428. The number of allylic oxidation sites excluding steroid dienone is 1. The maximum Gasteiger partial charge on any atom is 2.00 e. The van der Waals surface area contributed by atoms with Gasteiger partial charge in [-0.2, -0.15) is 5.70 Å². The molecule has 0 aromatic heterocycles. The van der Waals surface area contributed by atoms with Crippen molar-refractivity contribution in [3.05, 3.63) is 25.0 Å². The molecule has 0 N–H and O–H groups in total. The van der Waals surface area contributed by atoms with Gasteiger partial charge in [-0.3, -0.25) is 0 Å². The minimum atomic E-state index is 0. The van der Waals surface area contributed by atoms with Crippen molar-refractivity contribution in [3.63, 3.8) is 0 Å². The predicted molar refractivity (Wildman–Crippen MR) is 62.4 cm³/mol. The van der Waals surface area contributed by atoms with Crippen molar-refractivity contribution in [2.45, 2.75) is 48.0 Å². The van der Waals surface area contributed by atoms with Crippen molar-refractivity contribution in [3.8, 4) is 0 Å². The number of nitrogens with zero attached hydrogens (tertiary/aromatic N) is 1. The van der Waals surface area contributed by atoms with E-state index >= 15 is 0 Å². The Hall–Kier alpha value is 0.228. The fourth-order valence-corrected chi connectivity index (χ4v) is 0.270. The Morgan fingerprint density at radius 1 is 1.15 bits per heavy atom. The SMILES string of the molecule is C=C(C)[N-]CC.CC.CCC.[CH3-].[W+2]. The minimum absolute atomic E-state index is 0. The standard InChI is InChI=1S/C5H10N.C3H8.C2H6.CH3.W/c1-4-6-5(2)3;1-3-2;1-2;;/h2,4H2,1,3H3;3H2,1-2H3;1-2H3;1H3;/q-1;;;-1;+2. The van der Waals surface area contributed by atoms with Gasteiger partial charge < -0.3 is 12.7 Å². The second kappa shape index (κ2) is 39.7. The van der Waals surface area contributed by atoms with Gasteiger partial charge in [-0.25, -0.2) is 0 Å². The van der Waals surface area contributed by atoms with E-state index in [9.17, 15) is 0 Å². The van der Waals surface area contributed by atoms with E-state index in [1.165, 1.54) is 6.42 Å². The molecular formula is C11H27NW. The molecule has 0 spiro atoms. The molecule has 0 aliphatic rings. The first kappa shape index (κ1) is 29.2. The quantitative estimate of drug-likeness (QED) is 0.630. The first-order valence-corrected chi connectivity index (χ1v) is 4.51. The van der Waals surface area contributed by atoms with Crippen LogP contribution in [0.1, 0.15) is 48.0 Å². The molecule has 2 heteroatoms. The molecule has 0 aliphatic heterocycles. The summed E-state index contributed by atoms with van der Waals surface area (Å²) >= 11 is 0. The van der Waals surface area contributed by atoms with E-state index in [2.05, 4.69) is 25.7 Å². The summed E-state index contributed by atoms with van der Waals surface area (Å²) in [5.41, 5.74) is 0.914. The summed E-state index contributed by atoms with van der Waals surface area (Å²) in [6.45, 7) is 16.6. The maximum absolute atomic E-state index is 3.93. The summed E-state index contributed by atoms with van der Waals surface area (Å²) in [4.78, 5) is 0. The molecule has 13 heavy (non-hydrogen) atoms. The van der Waals surface area contributed by atoms with Gasteiger partial charge in [0.25, 0.3) is 0 Å². The molecule has 0 saturated heterocycles. The van der Waals surface area contributed by atoms with Crippen LogP contribution in [0.4, 0.5) is 0 Å². The van der Waals surface area contributed by atoms with Crippen molar-refractivity contribution >= 4 is 0 Å². The topological polar surface area (TPSA) is 14.1 Å². The largest absolute Gasteiger partial charge is 2.00 e. The van der Waals surface area contributed by atoms with Crippen LogP contribution in [0.2, 0.25) is 0 Å². The van der Waals surface area contributed by atoms with Crippen molar-refractivity contribution in [2.75, 3.05) is 6.54 Å². The number of rotatable bonds is 2. The van der Waals surface area contributed by atoms with Gasteiger partial charge in [-0.15, -0.1) is 13.1 Å². The van der Waals surface area contributed by atoms with Gasteiger partial charge in [-0.1, -0.05) is 48.0 Å². The van der Waals surface area contributed by atoms with Crippen LogP contribution in [0, 0.1) is 7.43 Å². The third-order valence-electron chi connectivity index (χ3n) is 0.428. The third kappa shape index (κ3) is 123. The zero-order chi connectivity index (χ0) is 9.70. The average molecular weight is 357 g/mol. The number of hydrogen-bond acceptors (Lipinski definition) is 0. The fraction of sp³-hybridized carbons (Fsp3) is 0.727. The van der Waals surface area contributed by atoms with Gasteiger partial charge >= 0.3 is 21.1 Å².